The summed E-state index contributed by atoms with van der Waals surface area (Å²) in [6.45, 7) is 3.00. The van der Waals surface area contributed by atoms with E-state index in [4.69, 9.17) is 19.0 Å². The number of ether oxygens (including phenoxy) is 3. The smallest absolute Gasteiger partial charge is 0.335 e. The van der Waals surface area contributed by atoms with Gasteiger partial charge in [0.1, 0.15) is 25.2 Å². The van der Waals surface area contributed by atoms with Crippen molar-refractivity contribution in [1.29, 1.82) is 0 Å². The van der Waals surface area contributed by atoms with Crippen LogP contribution in [-0.2, 0) is 32.1 Å². The summed E-state index contributed by atoms with van der Waals surface area (Å²) in [6.07, 6.45) is -0.222. The minimum Gasteiger partial charge on any atom is -0.492 e. The number of methoxy groups -OCH3 is 1. The molecule has 0 bridgehead atoms. The third-order valence-corrected chi connectivity index (χ3v) is 6.87. The molecule has 0 saturated carbocycles. The van der Waals surface area contributed by atoms with Gasteiger partial charge in [-0.05, 0) is 36.8 Å². The van der Waals surface area contributed by atoms with Crippen LogP contribution in [0.15, 0.2) is 82.7 Å². The van der Waals surface area contributed by atoms with E-state index in [2.05, 4.69) is 5.16 Å². The maximum Gasteiger partial charge on any atom is 0.335 e. The Morgan fingerprint density at radius 3 is 2.45 bits per heavy atom. The highest BCUT2D eigenvalue weighted by Crippen LogP contribution is 2.22. The lowest BCUT2D eigenvalue weighted by molar-refractivity contribution is -0.153. The highest BCUT2D eigenvalue weighted by molar-refractivity contribution is 7.16. The molecule has 198 valence electrons. The number of nitrogens with zero attached hydrogens (tertiary/aromatic N) is 2. The van der Waals surface area contributed by atoms with Crippen molar-refractivity contribution >= 4 is 33.2 Å². The Morgan fingerprint density at radius 1 is 1.00 bits per heavy atom. The van der Waals surface area contributed by atoms with E-state index in [1.165, 1.54) is 25.6 Å². The zero-order valence-corrected chi connectivity index (χ0v) is 22.4. The largest absolute Gasteiger partial charge is 0.492 e. The zero-order chi connectivity index (χ0) is 26.9. The number of benzene rings is 3. The van der Waals surface area contributed by atoms with E-state index in [9.17, 15) is 9.59 Å². The molecular weight excluding hydrogens is 504 g/mol. The molecule has 1 heterocycles. The monoisotopic (exact) mass is 534 g/mol. The van der Waals surface area contributed by atoms with Crippen LogP contribution in [0.25, 0.3) is 10.2 Å². The van der Waals surface area contributed by atoms with E-state index in [0.717, 1.165) is 26.9 Å². The number of thiazole rings is 1. The van der Waals surface area contributed by atoms with Crippen LogP contribution in [0.2, 0.25) is 0 Å². The number of hydrogen-bond donors (Lipinski definition) is 0. The number of esters is 1. The van der Waals surface area contributed by atoms with Gasteiger partial charge in [0.05, 0.1) is 23.9 Å². The van der Waals surface area contributed by atoms with Crippen LogP contribution in [0.4, 0.5) is 0 Å². The van der Waals surface area contributed by atoms with Crippen molar-refractivity contribution in [3.8, 4) is 5.75 Å². The fraction of sp³-hybridized carbons (Fsp3) is 0.276. The van der Waals surface area contributed by atoms with Crippen molar-refractivity contribution in [2.75, 3.05) is 27.4 Å². The fourth-order valence-corrected chi connectivity index (χ4v) is 5.07. The van der Waals surface area contributed by atoms with Crippen molar-refractivity contribution in [3.63, 3.8) is 0 Å². The standard InChI is InChI=1S/C29H30N2O6S/c1-4-36-25(28(32)34-2)18-20-10-13-23(14-11-20)37-17-16-31-24-15-12-22(19-26(24)38-29(31)33)27(30-35-3)21-8-6-5-7-9-21/h5-15,19,25H,4,16-18H2,1-3H3/b30-27-. The van der Waals surface area contributed by atoms with Gasteiger partial charge in [0.15, 0.2) is 6.10 Å². The molecule has 4 rings (SSSR count). The first-order chi connectivity index (χ1) is 18.5. The van der Waals surface area contributed by atoms with E-state index >= 15 is 0 Å². The van der Waals surface area contributed by atoms with Gasteiger partial charge in [-0.1, -0.05) is 65.0 Å². The first kappa shape index (κ1) is 27.1. The van der Waals surface area contributed by atoms with Crippen LogP contribution in [0.5, 0.6) is 5.75 Å². The topological polar surface area (TPSA) is 88.4 Å². The zero-order valence-electron chi connectivity index (χ0n) is 21.6. The van der Waals surface area contributed by atoms with Crippen molar-refractivity contribution in [2.45, 2.75) is 26.0 Å². The van der Waals surface area contributed by atoms with Crippen LogP contribution >= 0.6 is 11.3 Å². The molecule has 0 radical (unpaired) electrons. The molecule has 0 aliphatic carbocycles. The minimum absolute atomic E-state index is 0.0502. The maximum atomic E-state index is 12.8. The normalized spacial score (nSPS) is 12.3. The van der Waals surface area contributed by atoms with Gasteiger partial charge in [-0.15, -0.1) is 0 Å². The second-order valence-electron chi connectivity index (χ2n) is 8.35. The molecule has 0 amide bonds. The molecular formula is C29H30N2O6S. The maximum absolute atomic E-state index is 12.8. The minimum atomic E-state index is -0.638. The molecule has 0 aliphatic heterocycles. The van der Waals surface area contributed by atoms with Crippen LogP contribution < -0.4 is 9.61 Å². The SMILES string of the molecule is CCOC(Cc1ccc(OCCn2c(=O)sc3cc(/C(=N\OC)c4ccccc4)ccc32)cc1)C(=O)OC. The van der Waals surface area contributed by atoms with Crippen molar-refractivity contribution in [1.82, 2.24) is 4.57 Å². The summed E-state index contributed by atoms with van der Waals surface area (Å²) >= 11 is 1.19. The lowest BCUT2D eigenvalue weighted by atomic mass is 10.0. The van der Waals surface area contributed by atoms with Gasteiger partial charge >= 0.3 is 10.8 Å². The lowest BCUT2D eigenvalue weighted by Crippen LogP contribution is -2.28. The van der Waals surface area contributed by atoms with Gasteiger partial charge in [0, 0.05) is 24.2 Å². The summed E-state index contributed by atoms with van der Waals surface area (Å²) in [5, 5.41) is 4.21. The summed E-state index contributed by atoms with van der Waals surface area (Å²) in [7, 11) is 2.87. The number of oxime groups is 1. The second kappa shape index (κ2) is 13.0. The molecule has 38 heavy (non-hydrogen) atoms. The predicted molar refractivity (Wildman–Crippen MR) is 148 cm³/mol. The number of aromatic nitrogens is 1. The Bertz CT molecular complexity index is 1440. The molecule has 8 nitrogen and oxygen atoms in total. The molecule has 0 N–H and O–H groups in total. The Balaban J connectivity index is 1.42. The van der Waals surface area contributed by atoms with E-state index in [-0.39, 0.29) is 4.87 Å². The third kappa shape index (κ3) is 6.48. The van der Waals surface area contributed by atoms with E-state index in [1.54, 1.807) is 4.57 Å². The molecule has 1 unspecified atom stereocenters. The van der Waals surface area contributed by atoms with Gasteiger partial charge in [0.25, 0.3) is 0 Å². The Morgan fingerprint density at radius 2 is 1.76 bits per heavy atom. The third-order valence-electron chi connectivity index (χ3n) is 5.93. The molecule has 1 aromatic heterocycles. The molecule has 0 fully saturated rings. The first-order valence-corrected chi connectivity index (χ1v) is 13.1. The van der Waals surface area contributed by atoms with Gasteiger partial charge in [-0.25, -0.2) is 4.79 Å². The first-order valence-electron chi connectivity index (χ1n) is 12.3. The summed E-state index contributed by atoms with van der Waals surface area (Å²) in [6, 6.07) is 23.1. The summed E-state index contributed by atoms with van der Waals surface area (Å²) in [5.74, 6) is 0.285. The van der Waals surface area contributed by atoms with Gasteiger partial charge < -0.3 is 19.0 Å². The van der Waals surface area contributed by atoms with Crippen molar-refractivity contribution in [2.24, 2.45) is 5.16 Å². The van der Waals surface area contributed by atoms with Gasteiger partial charge in [-0.3, -0.25) is 9.36 Å². The van der Waals surface area contributed by atoms with Crippen molar-refractivity contribution < 1.29 is 23.8 Å². The molecule has 0 aliphatic rings. The molecule has 9 heteroatoms. The highest BCUT2D eigenvalue weighted by Gasteiger charge is 2.20. The average molecular weight is 535 g/mol. The number of fused-ring (bicyclic) bond motifs is 1. The quantitative estimate of drug-likeness (QED) is 0.149. The van der Waals surface area contributed by atoms with Crippen LogP contribution in [0.1, 0.15) is 23.6 Å². The predicted octanol–water partition coefficient (Wildman–Crippen LogP) is 4.66. The molecule has 4 aromatic rings. The fourth-order valence-electron chi connectivity index (χ4n) is 4.12. The number of hydrogen-bond acceptors (Lipinski definition) is 8. The van der Waals surface area contributed by atoms with Crippen molar-refractivity contribution in [3.05, 3.63) is 99.2 Å². The van der Waals surface area contributed by atoms with Crippen LogP contribution in [-0.4, -0.2) is 49.8 Å². The summed E-state index contributed by atoms with van der Waals surface area (Å²) in [4.78, 5) is 29.7. The average Bonchev–Trinajstić information content (AvgIpc) is 3.26. The van der Waals surface area contributed by atoms with Crippen LogP contribution in [0.3, 0.4) is 0 Å². The molecule has 0 spiro atoms. The van der Waals surface area contributed by atoms with E-state index < -0.39 is 12.1 Å². The van der Waals surface area contributed by atoms with E-state index in [1.807, 2.05) is 79.7 Å². The lowest BCUT2D eigenvalue weighted by Gasteiger charge is -2.15. The summed E-state index contributed by atoms with van der Waals surface area (Å²) in [5.41, 5.74) is 4.28. The molecule has 1 atom stereocenters. The molecule has 0 saturated heterocycles. The second-order valence-corrected chi connectivity index (χ2v) is 9.35. The Kier molecular flexibility index (Phi) is 9.29. The highest BCUT2D eigenvalue weighted by atomic mass is 32.1. The summed E-state index contributed by atoms with van der Waals surface area (Å²) < 4.78 is 18.8. The van der Waals surface area contributed by atoms with E-state index in [0.29, 0.717) is 37.6 Å². The van der Waals surface area contributed by atoms with Crippen LogP contribution in [0, 0.1) is 0 Å². The van der Waals surface area contributed by atoms with Gasteiger partial charge in [0.2, 0.25) is 0 Å². The Hall–Kier alpha value is -3.95. The van der Waals surface area contributed by atoms with Gasteiger partial charge in [-0.2, -0.15) is 0 Å². The number of carbonyl (C=O) groups is 1. The molecule has 3 aromatic carbocycles. The number of carbonyl (C=O) groups excluding carboxylic acids is 1. The number of rotatable bonds is 12. The Labute approximate surface area is 225 Å².